The molecule has 1 N–H and O–H groups in total. The number of aromatic amines is 1. The summed E-state index contributed by atoms with van der Waals surface area (Å²) in [4.78, 5) is 3.74. The van der Waals surface area contributed by atoms with Crippen LogP contribution in [0.3, 0.4) is 0 Å². The first kappa shape index (κ1) is 19.3. The molecule has 1 nitrogen and oxygen atoms in total. The van der Waals surface area contributed by atoms with Crippen molar-refractivity contribution in [3.05, 3.63) is 70.1 Å². The van der Waals surface area contributed by atoms with Gasteiger partial charge in [0.1, 0.15) is 0 Å². The summed E-state index contributed by atoms with van der Waals surface area (Å²) in [5.74, 6) is 0.482. The fraction of sp³-hybridized carbons (Fsp3) is 0.417. The van der Waals surface area contributed by atoms with E-state index in [2.05, 4.69) is 78.2 Å². The van der Waals surface area contributed by atoms with Crippen LogP contribution in [0.15, 0.2) is 53.2 Å². The van der Waals surface area contributed by atoms with E-state index in [1.165, 1.54) is 56.8 Å². The highest BCUT2D eigenvalue weighted by Crippen LogP contribution is 2.38. The van der Waals surface area contributed by atoms with E-state index in [0.717, 1.165) is 6.42 Å². The minimum atomic E-state index is 0.482. The number of allylic oxidation sites excluding steroid dienone is 9. The molecule has 134 valence electrons. The van der Waals surface area contributed by atoms with Gasteiger partial charge < -0.3 is 4.98 Å². The van der Waals surface area contributed by atoms with E-state index < -0.39 is 0 Å². The Morgan fingerprint density at radius 1 is 1.12 bits per heavy atom. The third kappa shape index (κ3) is 3.98. The molecule has 1 heteroatoms. The molecule has 25 heavy (non-hydrogen) atoms. The van der Waals surface area contributed by atoms with Gasteiger partial charge in [0.15, 0.2) is 0 Å². The standard InChI is InChI=1S/C24H33N/c1-9-20(10-2)21(13-15(3)4)24-18(7)14-22(25-24)23-17(6)12-11-16(5)19(23)8/h9-10,13-15,25H,1,11-12H2,2-8H3/b20-10+,21-13-. The SMILES string of the molecule is C=CC(=C\C)/C(=C/C(C)C)c1[nH]c(C2=C(C)CCC(C)=C2C)cc1C. The number of rotatable bonds is 5. The maximum atomic E-state index is 4.01. The number of H-pyrrole nitrogens is 1. The number of aromatic nitrogens is 1. The molecule has 0 unspecified atom stereocenters. The van der Waals surface area contributed by atoms with Crippen LogP contribution in [0.25, 0.3) is 11.1 Å². The van der Waals surface area contributed by atoms with E-state index in [-0.39, 0.29) is 0 Å². The average molecular weight is 336 g/mol. The lowest BCUT2D eigenvalue weighted by Gasteiger charge is -2.20. The van der Waals surface area contributed by atoms with Gasteiger partial charge in [0.05, 0.1) is 0 Å². The Labute approximate surface area is 153 Å². The van der Waals surface area contributed by atoms with Gasteiger partial charge in [-0.05, 0) is 81.7 Å². The molecule has 0 spiro atoms. The fourth-order valence-corrected chi connectivity index (χ4v) is 3.67. The first-order chi connectivity index (χ1) is 11.8. The van der Waals surface area contributed by atoms with Crippen molar-refractivity contribution in [3.8, 4) is 0 Å². The second-order valence-corrected chi connectivity index (χ2v) is 7.57. The van der Waals surface area contributed by atoms with Crippen LogP contribution in [0, 0.1) is 12.8 Å². The zero-order valence-corrected chi connectivity index (χ0v) is 17.0. The van der Waals surface area contributed by atoms with Crippen LogP contribution >= 0.6 is 0 Å². The minimum Gasteiger partial charge on any atom is -0.354 e. The number of hydrogen-bond acceptors (Lipinski definition) is 0. The van der Waals surface area contributed by atoms with Gasteiger partial charge in [-0.25, -0.2) is 0 Å². The van der Waals surface area contributed by atoms with Crippen LogP contribution in [0.2, 0.25) is 0 Å². The van der Waals surface area contributed by atoms with Crippen LogP contribution in [0.4, 0.5) is 0 Å². The van der Waals surface area contributed by atoms with E-state index in [0.29, 0.717) is 5.92 Å². The van der Waals surface area contributed by atoms with Gasteiger partial charge in [-0.15, -0.1) is 0 Å². The van der Waals surface area contributed by atoms with Crippen LogP contribution in [-0.2, 0) is 0 Å². The van der Waals surface area contributed by atoms with Crippen molar-refractivity contribution in [1.82, 2.24) is 4.98 Å². The molecule has 1 aromatic heterocycles. The molecule has 1 aliphatic carbocycles. The molecule has 1 aromatic rings. The molecule has 1 heterocycles. The summed E-state index contributed by atoms with van der Waals surface area (Å²) in [7, 11) is 0. The van der Waals surface area contributed by atoms with Crippen molar-refractivity contribution < 1.29 is 0 Å². The van der Waals surface area contributed by atoms with Crippen molar-refractivity contribution >= 4 is 11.1 Å². The largest absolute Gasteiger partial charge is 0.354 e. The highest BCUT2D eigenvalue weighted by Gasteiger charge is 2.19. The van der Waals surface area contributed by atoms with Crippen molar-refractivity contribution in [2.24, 2.45) is 5.92 Å². The zero-order chi connectivity index (χ0) is 18.7. The van der Waals surface area contributed by atoms with Gasteiger partial charge in [-0.2, -0.15) is 0 Å². The lowest BCUT2D eigenvalue weighted by atomic mass is 9.86. The van der Waals surface area contributed by atoms with Gasteiger partial charge in [0, 0.05) is 17.0 Å². The second kappa shape index (κ2) is 7.91. The van der Waals surface area contributed by atoms with Crippen LogP contribution in [0.5, 0.6) is 0 Å². The molecular formula is C24H33N. The van der Waals surface area contributed by atoms with Crippen LogP contribution < -0.4 is 0 Å². The predicted octanol–water partition coefficient (Wildman–Crippen LogP) is 7.40. The highest BCUT2D eigenvalue weighted by molar-refractivity contribution is 5.86. The molecule has 1 aliphatic rings. The van der Waals surface area contributed by atoms with Gasteiger partial charge in [-0.1, -0.05) is 49.8 Å². The molecule has 0 fully saturated rings. The molecule has 0 radical (unpaired) electrons. The Morgan fingerprint density at radius 2 is 1.76 bits per heavy atom. The molecule has 0 aromatic carbocycles. The molecule has 2 rings (SSSR count). The Bertz CT molecular complexity index is 788. The van der Waals surface area contributed by atoms with Gasteiger partial charge >= 0.3 is 0 Å². The molecular weight excluding hydrogens is 302 g/mol. The van der Waals surface area contributed by atoms with E-state index >= 15 is 0 Å². The summed E-state index contributed by atoms with van der Waals surface area (Å²) in [6.45, 7) is 19.5. The van der Waals surface area contributed by atoms with Crippen molar-refractivity contribution in [3.63, 3.8) is 0 Å². The summed E-state index contributed by atoms with van der Waals surface area (Å²) in [6, 6.07) is 2.31. The molecule has 0 amide bonds. The molecule has 0 saturated heterocycles. The monoisotopic (exact) mass is 335 g/mol. The summed E-state index contributed by atoms with van der Waals surface area (Å²) in [6.07, 6.45) is 8.77. The number of hydrogen-bond donors (Lipinski definition) is 1. The summed E-state index contributed by atoms with van der Waals surface area (Å²) in [5, 5.41) is 0. The van der Waals surface area contributed by atoms with Crippen LogP contribution in [-0.4, -0.2) is 4.98 Å². The first-order valence-electron chi connectivity index (χ1n) is 9.37. The number of aryl methyl sites for hydroxylation is 1. The molecule has 0 bridgehead atoms. The van der Waals surface area contributed by atoms with Gasteiger partial charge in [-0.3, -0.25) is 0 Å². The summed E-state index contributed by atoms with van der Waals surface area (Å²) >= 11 is 0. The summed E-state index contributed by atoms with van der Waals surface area (Å²) in [5.41, 5.74) is 12.0. The maximum Gasteiger partial charge on any atom is 0.0491 e. The van der Waals surface area contributed by atoms with E-state index in [1.54, 1.807) is 0 Å². The van der Waals surface area contributed by atoms with E-state index in [1.807, 2.05) is 6.08 Å². The van der Waals surface area contributed by atoms with E-state index in [9.17, 15) is 0 Å². The average Bonchev–Trinajstić information content (AvgIpc) is 2.92. The molecule has 0 atom stereocenters. The quantitative estimate of drug-likeness (QED) is 0.540. The van der Waals surface area contributed by atoms with E-state index in [4.69, 9.17) is 0 Å². The third-order valence-corrected chi connectivity index (χ3v) is 5.21. The smallest absolute Gasteiger partial charge is 0.0491 e. The Kier molecular flexibility index (Phi) is 6.11. The topological polar surface area (TPSA) is 15.8 Å². The van der Waals surface area contributed by atoms with Crippen molar-refractivity contribution in [2.45, 2.75) is 61.3 Å². The normalized spacial score (nSPS) is 17.0. The van der Waals surface area contributed by atoms with Crippen LogP contribution in [0.1, 0.15) is 71.3 Å². The lowest BCUT2D eigenvalue weighted by Crippen LogP contribution is -2.01. The predicted molar refractivity (Wildman–Crippen MR) is 113 cm³/mol. The van der Waals surface area contributed by atoms with Gasteiger partial charge in [0.2, 0.25) is 0 Å². The first-order valence-corrected chi connectivity index (χ1v) is 9.37. The lowest BCUT2D eigenvalue weighted by molar-refractivity contribution is 0.833. The Morgan fingerprint density at radius 3 is 2.32 bits per heavy atom. The number of nitrogens with one attached hydrogen (secondary N) is 1. The second-order valence-electron chi connectivity index (χ2n) is 7.57. The van der Waals surface area contributed by atoms with Crippen molar-refractivity contribution in [1.29, 1.82) is 0 Å². The minimum absolute atomic E-state index is 0.482. The highest BCUT2D eigenvalue weighted by atomic mass is 14.7. The fourth-order valence-electron chi connectivity index (χ4n) is 3.67. The maximum absolute atomic E-state index is 4.01. The van der Waals surface area contributed by atoms with Crippen molar-refractivity contribution in [2.75, 3.05) is 0 Å². The third-order valence-electron chi connectivity index (χ3n) is 5.21. The molecule has 0 saturated carbocycles. The Balaban J connectivity index is 2.62. The molecule has 0 aliphatic heterocycles. The zero-order valence-electron chi connectivity index (χ0n) is 17.0. The Hall–Kier alpha value is -2.02. The van der Waals surface area contributed by atoms with Gasteiger partial charge in [0.25, 0.3) is 0 Å². The summed E-state index contributed by atoms with van der Waals surface area (Å²) < 4.78 is 0.